The van der Waals surface area contributed by atoms with Gasteiger partial charge in [-0.15, -0.1) is 0 Å². The van der Waals surface area contributed by atoms with Crippen LogP contribution in [0.3, 0.4) is 0 Å². The summed E-state index contributed by atoms with van der Waals surface area (Å²) < 4.78 is 0. The van der Waals surface area contributed by atoms with Gasteiger partial charge in [0, 0.05) is 24.2 Å². The van der Waals surface area contributed by atoms with E-state index in [1.165, 1.54) is 0 Å². The highest BCUT2D eigenvalue weighted by Crippen LogP contribution is 2.41. The molecule has 0 aliphatic carbocycles. The van der Waals surface area contributed by atoms with Crippen LogP contribution >= 0.6 is 11.8 Å². The molecule has 1 aromatic carbocycles. The summed E-state index contributed by atoms with van der Waals surface area (Å²) in [7, 11) is 1.95. The van der Waals surface area contributed by atoms with Crippen LogP contribution in [0.5, 0.6) is 5.75 Å². The molecule has 1 fully saturated rings. The summed E-state index contributed by atoms with van der Waals surface area (Å²) in [6.07, 6.45) is 1.96. The molecule has 1 saturated heterocycles. The Balaban J connectivity index is 2.51. The fourth-order valence-corrected chi connectivity index (χ4v) is 4.04. The lowest BCUT2D eigenvalue weighted by atomic mass is 9.78. The molecular formula is C22H34N2O2S. The standard InChI is InChI=1S/C22H34N2O2S/c1-14(2)23(9)24-13-27-18(20(24)26)12-15-10-16(21(3,4)5)19(25)17(11-15)22(6,7)8/h10-12,14,25H,13H2,1-9H3/b18-12-. The van der Waals surface area contributed by atoms with Crippen molar-refractivity contribution in [3.05, 3.63) is 33.7 Å². The number of carbonyl (C=O) groups excluding carboxylic acids is 1. The fourth-order valence-electron chi connectivity index (χ4n) is 3.03. The van der Waals surface area contributed by atoms with Crippen LogP contribution in [-0.2, 0) is 15.6 Å². The highest BCUT2D eigenvalue weighted by atomic mass is 32.2. The van der Waals surface area contributed by atoms with Gasteiger partial charge >= 0.3 is 0 Å². The van der Waals surface area contributed by atoms with E-state index in [9.17, 15) is 9.90 Å². The van der Waals surface area contributed by atoms with E-state index in [0.717, 1.165) is 21.6 Å². The average Bonchev–Trinajstić information content (AvgIpc) is 2.86. The largest absolute Gasteiger partial charge is 0.507 e. The highest BCUT2D eigenvalue weighted by Gasteiger charge is 2.31. The van der Waals surface area contributed by atoms with Gasteiger partial charge in [0.05, 0.1) is 10.8 Å². The van der Waals surface area contributed by atoms with Crippen molar-refractivity contribution in [2.24, 2.45) is 0 Å². The maximum absolute atomic E-state index is 12.8. The minimum Gasteiger partial charge on any atom is -0.507 e. The van der Waals surface area contributed by atoms with Crippen LogP contribution < -0.4 is 0 Å². The molecule has 4 nitrogen and oxygen atoms in total. The lowest BCUT2D eigenvalue weighted by molar-refractivity contribution is -0.140. The number of benzene rings is 1. The van der Waals surface area contributed by atoms with Gasteiger partial charge in [-0.1, -0.05) is 53.3 Å². The summed E-state index contributed by atoms with van der Waals surface area (Å²) in [6, 6.07) is 4.29. The third kappa shape index (κ3) is 4.69. The number of hydrogen-bond acceptors (Lipinski definition) is 4. The number of carbonyl (C=O) groups is 1. The number of hydrogen-bond donors (Lipinski definition) is 1. The molecule has 1 aliphatic rings. The predicted molar refractivity (Wildman–Crippen MR) is 116 cm³/mol. The summed E-state index contributed by atoms with van der Waals surface area (Å²) in [5, 5.41) is 14.6. The number of nitrogens with zero attached hydrogens (tertiary/aromatic N) is 2. The first kappa shape index (κ1) is 21.8. The monoisotopic (exact) mass is 390 g/mol. The molecule has 1 amide bonds. The van der Waals surface area contributed by atoms with Gasteiger partial charge in [0.1, 0.15) is 5.75 Å². The second-order valence-corrected chi connectivity index (χ2v) is 10.6. The molecule has 0 spiro atoms. The quantitative estimate of drug-likeness (QED) is 0.728. The Bertz CT molecular complexity index is 720. The van der Waals surface area contributed by atoms with Gasteiger partial charge in [-0.2, -0.15) is 0 Å². The minimum absolute atomic E-state index is 0.0406. The molecule has 150 valence electrons. The molecule has 1 aliphatic heterocycles. The lowest BCUT2D eigenvalue weighted by Crippen LogP contribution is -2.44. The first-order chi connectivity index (χ1) is 12.2. The molecule has 5 heteroatoms. The van der Waals surface area contributed by atoms with Crippen LogP contribution in [0.4, 0.5) is 0 Å². The van der Waals surface area contributed by atoms with Crippen LogP contribution in [0.25, 0.3) is 6.08 Å². The van der Waals surface area contributed by atoms with Gasteiger partial charge < -0.3 is 5.11 Å². The van der Waals surface area contributed by atoms with Crippen molar-refractivity contribution in [2.45, 2.75) is 72.3 Å². The molecule has 1 aromatic rings. The van der Waals surface area contributed by atoms with Crippen molar-refractivity contribution in [1.29, 1.82) is 0 Å². The zero-order valence-corrected chi connectivity index (χ0v) is 19.0. The Morgan fingerprint density at radius 2 is 1.59 bits per heavy atom. The number of phenols is 1. The van der Waals surface area contributed by atoms with Gasteiger partial charge in [-0.25, -0.2) is 5.01 Å². The number of rotatable bonds is 3. The zero-order valence-electron chi connectivity index (χ0n) is 18.2. The molecule has 0 atom stereocenters. The summed E-state index contributed by atoms with van der Waals surface area (Å²) in [5.74, 6) is 1.04. The summed E-state index contributed by atoms with van der Waals surface area (Å²) in [4.78, 5) is 13.6. The second kappa shape index (κ2) is 7.51. The van der Waals surface area contributed by atoms with Crippen LogP contribution in [0, 0.1) is 0 Å². The topological polar surface area (TPSA) is 43.8 Å². The van der Waals surface area contributed by atoms with Gasteiger partial charge in [0.25, 0.3) is 5.91 Å². The predicted octanol–water partition coefficient (Wildman–Crippen LogP) is 5.12. The van der Waals surface area contributed by atoms with E-state index in [1.54, 1.807) is 16.8 Å². The van der Waals surface area contributed by atoms with Crippen molar-refractivity contribution in [2.75, 3.05) is 12.9 Å². The van der Waals surface area contributed by atoms with Crippen molar-refractivity contribution in [3.63, 3.8) is 0 Å². The molecule has 2 rings (SSSR count). The average molecular weight is 391 g/mol. The Kier molecular flexibility index (Phi) is 6.08. The molecule has 0 saturated carbocycles. The maximum atomic E-state index is 12.8. The number of amides is 1. The summed E-state index contributed by atoms with van der Waals surface area (Å²) in [6.45, 7) is 16.7. The normalized spacial score (nSPS) is 17.7. The number of aromatic hydroxyl groups is 1. The number of phenolic OH excluding ortho intramolecular Hbond substituents is 1. The SMILES string of the molecule is CC(C)N(C)N1CS/C(=C\c2cc(C(C)(C)C)c(O)c(C(C)(C)C)c2)C1=O. The Labute approximate surface area is 168 Å². The van der Waals surface area contributed by atoms with Crippen LogP contribution in [0.2, 0.25) is 0 Å². The van der Waals surface area contributed by atoms with Crippen LogP contribution in [0.1, 0.15) is 72.1 Å². The molecule has 0 radical (unpaired) electrons. The van der Waals surface area contributed by atoms with Gasteiger partial charge in [-0.3, -0.25) is 9.80 Å². The highest BCUT2D eigenvalue weighted by molar-refractivity contribution is 8.04. The van der Waals surface area contributed by atoms with E-state index < -0.39 is 0 Å². The second-order valence-electron chi connectivity index (χ2n) is 9.62. The maximum Gasteiger partial charge on any atom is 0.275 e. The minimum atomic E-state index is -0.185. The third-order valence-electron chi connectivity index (χ3n) is 4.96. The van der Waals surface area contributed by atoms with Crippen molar-refractivity contribution >= 4 is 23.7 Å². The zero-order chi connectivity index (χ0) is 20.7. The molecule has 1 heterocycles. The van der Waals surface area contributed by atoms with E-state index >= 15 is 0 Å². The molecule has 27 heavy (non-hydrogen) atoms. The summed E-state index contributed by atoms with van der Waals surface area (Å²) >= 11 is 1.56. The van der Waals surface area contributed by atoms with E-state index in [1.807, 2.05) is 30.3 Å². The van der Waals surface area contributed by atoms with Crippen LogP contribution in [-0.4, -0.2) is 40.0 Å². The van der Waals surface area contributed by atoms with Crippen LogP contribution in [0.15, 0.2) is 17.0 Å². The van der Waals surface area contributed by atoms with Gasteiger partial charge in [0.2, 0.25) is 0 Å². The Morgan fingerprint density at radius 1 is 1.11 bits per heavy atom. The smallest absolute Gasteiger partial charge is 0.275 e. The summed E-state index contributed by atoms with van der Waals surface area (Å²) in [5.41, 5.74) is 2.42. The van der Waals surface area contributed by atoms with E-state index in [2.05, 4.69) is 55.4 Å². The first-order valence-electron chi connectivity index (χ1n) is 9.50. The van der Waals surface area contributed by atoms with Crippen molar-refractivity contribution < 1.29 is 9.90 Å². The van der Waals surface area contributed by atoms with Crippen molar-refractivity contribution in [1.82, 2.24) is 10.0 Å². The third-order valence-corrected chi connectivity index (χ3v) is 5.94. The van der Waals surface area contributed by atoms with Crippen molar-refractivity contribution in [3.8, 4) is 5.75 Å². The number of hydrazine groups is 1. The first-order valence-corrected chi connectivity index (χ1v) is 10.5. The van der Waals surface area contributed by atoms with E-state index in [-0.39, 0.29) is 22.8 Å². The lowest BCUT2D eigenvalue weighted by Gasteiger charge is -2.30. The Morgan fingerprint density at radius 3 is 2.00 bits per heavy atom. The Hall–Kier alpha value is -1.46. The number of thioether (sulfide) groups is 1. The van der Waals surface area contributed by atoms with Gasteiger partial charge in [0.15, 0.2) is 0 Å². The molecule has 0 bridgehead atoms. The van der Waals surface area contributed by atoms with E-state index in [4.69, 9.17) is 0 Å². The molecule has 0 unspecified atom stereocenters. The van der Waals surface area contributed by atoms with E-state index in [0.29, 0.717) is 11.6 Å². The molecule has 1 N–H and O–H groups in total. The van der Waals surface area contributed by atoms with Gasteiger partial charge in [-0.05, 0) is 48.4 Å². The molecule has 0 aromatic heterocycles. The molecular weight excluding hydrogens is 356 g/mol. The fraction of sp³-hybridized carbons (Fsp3) is 0.591.